The fourth-order valence-electron chi connectivity index (χ4n) is 1.57. The van der Waals surface area contributed by atoms with Crippen molar-refractivity contribution in [3.63, 3.8) is 0 Å². The van der Waals surface area contributed by atoms with Crippen molar-refractivity contribution in [1.29, 1.82) is 0 Å². The molecule has 1 rings (SSSR count). The first kappa shape index (κ1) is 11.0. The first-order valence-corrected chi connectivity index (χ1v) is 5.09. The Morgan fingerprint density at radius 2 is 1.14 bits per heavy atom. The molecule has 0 heterocycles. The van der Waals surface area contributed by atoms with Crippen LogP contribution in [0.15, 0.2) is 10.2 Å². The maximum Gasteiger partial charge on any atom is 0.0837 e. The van der Waals surface area contributed by atoms with Crippen LogP contribution in [0.25, 0.3) is 0 Å². The smallest absolute Gasteiger partial charge is 0.0837 e. The van der Waals surface area contributed by atoms with Crippen LogP contribution in [0.5, 0.6) is 0 Å². The Kier molecular flexibility index (Phi) is 3.92. The van der Waals surface area contributed by atoms with Crippen molar-refractivity contribution in [2.24, 2.45) is 10.2 Å². The number of hydrogen-bond donors (Lipinski definition) is 0. The Morgan fingerprint density at radius 1 is 0.786 bits per heavy atom. The van der Waals surface area contributed by atoms with Gasteiger partial charge in [0.25, 0.3) is 0 Å². The average molecular weight is 196 g/mol. The van der Waals surface area contributed by atoms with Crippen LogP contribution in [0.1, 0.15) is 25.7 Å². The lowest BCUT2D eigenvalue weighted by atomic mass is 9.96. The molecule has 0 atom stereocenters. The molecule has 0 aromatic rings. The number of nitrogens with zero attached hydrogens (tertiary/aromatic N) is 4. The third kappa shape index (κ3) is 3.36. The van der Waals surface area contributed by atoms with Gasteiger partial charge in [-0.15, -0.1) is 0 Å². The molecule has 0 bridgehead atoms. The minimum absolute atomic E-state index is 1.06. The summed E-state index contributed by atoms with van der Waals surface area (Å²) in [5, 5.41) is 12.6. The zero-order chi connectivity index (χ0) is 10.6. The maximum absolute atomic E-state index is 4.46. The quantitative estimate of drug-likeness (QED) is 0.625. The number of hydrazone groups is 2. The van der Waals surface area contributed by atoms with Crippen LogP contribution in [0.2, 0.25) is 0 Å². The van der Waals surface area contributed by atoms with Crippen LogP contribution >= 0.6 is 0 Å². The van der Waals surface area contributed by atoms with Gasteiger partial charge < -0.3 is 10.0 Å². The topological polar surface area (TPSA) is 31.2 Å². The van der Waals surface area contributed by atoms with Crippen LogP contribution < -0.4 is 0 Å². The van der Waals surface area contributed by atoms with E-state index in [0.717, 1.165) is 24.3 Å². The first-order valence-electron chi connectivity index (χ1n) is 5.09. The maximum atomic E-state index is 4.46. The third-order valence-corrected chi connectivity index (χ3v) is 2.05. The van der Waals surface area contributed by atoms with E-state index in [-0.39, 0.29) is 0 Å². The van der Waals surface area contributed by atoms with Gasteiger partial charge in [0.05, 0.1) is 11.4 Å². The highest BCUT2D eigenvalue weighted by Gasteiger charge is 2.15. The van der Waals surface area contributed by atoms with Crippen molar-refractivity contribution in [2.45, 2.75) is 25.7 Å². The van der Waals surface area contributed by atoms with Crippen LogP contribution in [0.3, 0.4) is 0 Å². The molecule has 0 spiro atoms. The molecule has 4 nitrogen and oxygen atoms in total. The van der Waals surface area contributed by atoms with Gasteiger partial charge in [0.15, 0.2) is 0 Å². The molecule has 14 heavy (non-hydrogen) atoms. The molecule has 80 valence electrons. The second kappa shape index (κ2) is 4.98. The van der Waals surface area contributed by atoms with Gasteiger partial charge in [-0.05, 0) is 25.7 Å². The Balaban J connectivity index is 2.79. The SMILES string of the molecule is CN(C)/N=C1/CCCC/C1=N\N(C)C. The van der Waals surface area contributed by atoms with E-state index in [0.29, 0.717) is 0 Å². The zero-order valence-electron chi connectivity index (χ0n) is 9.62. The molecular formula is C10H20N4. The standard InChI is InChI=1S/C10H20N4/c1-13(2)11-9-7-5-6-8-10(9)12-14(3)4/h5-8H2,1-4H3/b11-9-,12-10+. The predicted molar refractivity (Wildman–Crippen MR) is 60.7 cm³/mol. The zero-order valence-corrected chi connectivity index (χ0v) is 9.62. The molecule has 0 N–H and O–H groups in total. The third-order valence-electron chi connectivity index (χ3n) is 2.05. The molecule has 1 aliphatic rings. The van der Waals surface area contributed by atoms with Gasteiger partial charge in [-0.1, -0.05) is 0 Å². The van der Waals surface area contributed by atoms with Crippen LogP contribution in [0.4, 0.5) is 0 Å². The molecule has 0 aromatic heterocycles. The second-order valence-corrected chi connectivity index (χ2v) is 3.99. The molecule has 4 heteroatoms. The van der Waals surface area contributed by atoms with Crippen LogP contribution in [0, 0.1) is 0 Å². The Labute approximate surface area is 86.3 Å². The normalized spacial score (nSPS) is 22.9. The van der Waals surface area contributed by atoms with E-state index < -0.39 is 0 Å². The van der Waals surface area contributed by atoms with E-state index in [9.17, 15) is 0 Å². The van der Waals surface area contributed by atoms with E-state index in [4.69, 9.17) is 0 Å². The van der Waals surface area contributed by atoms with Crippen molar-refractivity contribution < 1.29 is 0 Å². The van der Waals surface area contributed by atoms with Gasteiger partial charge in [-0.3, -0.25) is 0 Å². The summed E-state index contributed by atoms with van der Waals surface area (Å²) in [5.74, 6) is 0. The molecule has 0 aromatic carbocycles. The van der Waals surface area contributed by atoms with Gasteiger partial charge in [-0.2, -0.15) is 10.2 Å². The summed E-state index contributed by atoms with van der Waals surface area (Å²) in [5.41, 5.74) is 2.30. The van der Waals surface area contributed by atoms with Crippen molar-refractivity contribution in [3.05, 3.63) is 0 Å². The number of rotatable bonds is 2. The molecular weight excluding hydrogens is 176 g/mol. The van der Waals surface area contributed by atoms with E-state index in [1.54, 1.807) is 0 Å². The average Bonchev–Trinajstić information content (AvgIpc) is 2.06. The van der Waals surface area contributed by atoms with Crippen molar-refractivity contribution in [3.8, 4) is 0 Å². The summed E-state index contributed by atoms with van der Waals surface area (Å²) < 4.78 is 0. The molecule has 1 saturated carbocycles. The predicted octanol–water partition coefficient (Wildman–Crippen LogP) is 1.40. The summed E-state index contributed by atoms with van der Waals surface area (Å²) >= 11 is 0. The largest absolute Gasteiger partial charge is 0.303 e. The fourth-order valence-corrected chi connectivity index (χ4v) is 1.57. The van der Waals surface area contributed by atoms with E-state index >= 15 is 0 Å². The number of hydrogen-bond acceptors (Lipinski definition) is 4. The Morgan fingerprint density at radius 3 is 1.43 bits per heavy atom. The minimum Gasteiger partial charge on any atom is -0.303 e. The highest BCUT2D eigenvalue weighted by atomic mass is 15.4. The van der Waals surface area contributed by atoms with Gasteiger partial charge in [-0.25, -0.2) is 0 Å². The van der Waals surface area contributed by atoms with E-state index in [2.05, 4.69) is 10.2 Å². The van der Waals surface area contributed by atoms with Crippen molar-refractivity contribution >= 4 is 11.4 Å². The summed E-state index contributed by atoms with van der Waals surface area (Å²) in [4.78, 5) is 0. The Bertz CT molecular complexity index is 215. The lowest BCUT2D eigenvalue weighted by molar-refractivity contribution is 0.429. The summed E-state index contributed by atoms with van der Waals surface area (Å²) in [6.07, 6.45) is 4.59. The van der Waals surface area contributed by atoms with Gasteiger partial charge in [0, 0.05) is 28.2 Å². The van der Waals surface area contributed by atoms with Crippen LogP contribution in [-0.4, -0.2) is 49.6 Å². The Hall–Kier alpha value is -1.06. The second-order valence-electron chi connectivity index (χ2n) is 3.99. The molecule has 0 amide bonds. The summed E-state index contributed by atoms with van der Waals surface area (Å²) in [7, 11) is 7.81. The van der Waals surface area contributed by atoms with Crippen molar-refractivity contribution in [1.82, 2.24) is 10.0 Å². The molecule has 1 aliphatic carbocycles. The highest BCUT2D eigenvalue weighted by molar-refractivity contribution is 6.42. The first-order chi connectivity index (χ1) is 6.59. The summed E-state index contributed by atoms with van der Waals surface area (Å²) in [6.45, 7) is 0. The van der Waals surface area contributed by atoms with Gasteiger partial charge in [0.1, 0.15) is 0 Å². The molecule has 0 unspecified atom stereocenters. The summed E-state index contributed by atoms with van der Waals surface area (Å²) in [6, 6.07) is 0. The lowest BCUT2D eigenvalue weighted by Crippen LogP contribution is -2.24. The highest BCUT2D eigenvalue weighted by Crippen LogP contribution is 2.14. The van der Waals surface area contributed by atoms with Gasteiger partial charge in [0.2, 0.25) is 0 Å². The minimum atomic E-state index is 1.06. The van der Waals surface area contributed by atoms with Crippen molar-refractivity contribution in [2.75, 3.05) is 28.2 Å². The monoisotopic (exact) mass is 196 g/mol. The molecule has 0 saturated heterocycles. The molecule has 0 radical (unpaired) electrons. The molecule has 0 aliphatic heterocycles. The van der Waals surface area contributed by atoms with E-state index in [1.165, 1.54) is 12.8 Å². The van der Waals surface area contributed by atoms with Crippen LogP contribution in [-0.2, 0) is 0 Å². The lowest BCUT2D eigenvalue weighted by Gasteiger charge is -2.19. The fraction of sp³-hybridized carbons (Fsp3) is 0.800. The van der Waals surface area contributed by atoms with E-state index in [1.807, 2.05) is 38.2 Å². The van der Waals surface area contributed by atoms with Gasteiger partial charge >= 0.3 is 0 Å². The molecule has 1 fully saturated rings.